The SMILES string of the molecule is Cc1nc2ccc(CN3CCC(C(=O)O)(C(F)(F)F)C3)cc2s1. The normalized spacial score (nSPS) is 22.8. The third-order valence-corrected chi connectivity index (χ3v) is 5.20. The van der Waals surface area contributed by atoms with Crippen LogP contribution >= 0.6 is 11.3 Å². The highest BCUT2D eigenvalue weighted by Crippen LogP contribution is 2.46. The molecule has 0 amide bonds. The van der Waals surface area contributed by atoms with Gasteiger partial charge in [0.15, 0.2) is 5.41 Å². The maximum Gasteiger partial charge on any atom is 0.406 e. The van der Waals surface area contributed by atoms with E-state index in [1.165, 1.54) is 11.3 Å². The highest BCUT2D eigenvalue weighted by Gasteiger charge is 2.63. The van der Waals surface area contributed by atoms with Crippen molar-refractivity contribution in [2.75, 3.05) is 13.1 Å². The van der Waals surface area contributed by atoms with Crippen LogP contribution in [0.5, 0.6) is 0 Å². The molecule has 1 aliphatic rings. The van der Waals surface area contributed by atoms with Gasteiger partial charge in [-0.3, -0.25) is 9.69 Å². The molecule has 0 spiro atoms. The van der Waals surface area contributed by atoms with Gasteiger partial charge in [0.1, 0.15) is 0 Å². The number of rotatable bonds is 3. The zero-order valence-electron chi connectivity index (χ0n) is 12.4. The van der Waals surface area contributed by atoms with Gasteiger partial charge in [-0.2, -0.15) is 13.2 Å². The molecule has 0 radical (unpaired) electrons. The Labute approximate surface area is 134 Å². The van der Waals surface area contributed by atoms with E-state index >= 15 is 0 Å². The molecule has 1 aromatic carbocycles. The number of halogens is 3. The number of nitrogens with zero attached hydrogens (tertiary/aromatic N) is 2. The minimum Gasteiger partial charge on any atom is -0.481 e. The summed E-state index contributed by atoms with van der Waals surface area (Å²) < 4.78 is 40.5. The number of hydrogen-bond donors (Lipinski definition) is 1. The number of alkyl halides is 3. The summed E-state index contributed by atoms with van der Waals surface area (Å²) in [4.78, 5) is 17.1. The summed E-state index contributed by atoms with van der Waals surface area (Å²) in [5.74, 6) is -1.79. The maximum absolute atomic E-state index is 13.2. The van der Waals surface area contributed by atoms with Crippen LogP contribution in [0, 0.1) is 12.3 Å². The first kappa shape index (κ1) is 16.2. The van der Waals surface area contributed by atoms with Crippen LogP contribution in [0.2, 0.25) is 0 Å². The van der Waals surface area contributed by atoms with Gasteiger partial charge in [0.25, 0.3) is 0 Å². The predicted molar refractivity (Wildman–Crippen MR) is 80.4 cm³/mol. The van der Waals surface area contributed by atoms with Gasteiger partial charge >= 0.3 is 12.1 Å². The fourth-order valence-corrected chi connectivity index (χ4v) is 3.88. The van der Waals surface area contributed by atoms with Crippen LogP contribution in [0.3, 0.4) is 0 Å². The molecule has 1 atom stereocenters. The Bertz CT molecular complexity index is 759. The molecule has 2 heterocycles. The number of benzene rings is 1. The van der Waals surface area contributed by atoms with Crippen LogP contribution in [-0.2, 0) is 11.3 Å². The molecule has 1 aliphatic heterocycles. The summed E-state index contributed by atoms with van der Waals surface area (Å²) in [5, 5.41) is 10.0. The largest absolute Gasteiger partial charge is 0.481 e. The Balaban J connectivity index is 1.79. The van der Waals surface area contributed by atoms with Crippen molar-refractivity contribution in [3.8, 4) is 0 Å². The van der Waals surface area contributed by atoms with Gasteiger partial charge in [0.05, 0.1) is 15.2 Å². The lowest BCUT2D eigenvalue weighted by atomic mass is 9.86. The minimum atomic E-state index is -4.74. The van der Waals surface area contributed by atoms with E-state index in [1.54, 1.807) is 4.90 Å². The van der Waals surface area contributed by atoms with Crippen molar-refractivity contribution in [2.24, 2.45) is 5.41 Å². The summed E-state index contributed by atoms with van der Waals surface area (Å²) in [6, 6.07) is 5.59. The number of fused-ring (bicyclic) bond motifs is 1. The quantitative estimate of drug-likeness (QED) is 0.927. The van der Waals surface area contributed by atoms with Crippen LogP contribution in [0.25, 0.3) is 10.2 Å². The molecule has 1 fully saturated rings. The Kier molecular flexibility index (Phi) is 3.84. The number of thiazole rings is 1. The molecule has 23 heavy (non-hydrogen) atoms. The van der Waals surface area contributed by atoms with Gasteiger partial charge in [0.2, 0.25) is 0 Å². The Hall–Kier alpha value is -1.67. The second-order valence-electron chi connectivity index (χ2n) is 5.88. The van der Waals surface area contributed by atoms with E-state index in [2.05, 4.69) is 4.98 Å². The first-order valence-corrected chi connectivity index (χ1v) is 7.91. The van der Waals surface area contributed by atoms with Gasteiger partial charge in [-0.05, 0) is 31.0 Å². The highest BCUT2D eigenvalue weighted by atomic mass is 32.1. The molecule has 1 saturated heterocycles. The summed E-state index contributed by atoms with van der Waals surface area (Å²) in [6.07, 6.45) is -5.15. The fraction of sp³-hybridized carbons (Fsp3) is 0.467. The topological polar surface area (TPSA) is 53.4 Å². The number of aromatic nitrogens is 1. The minimum absolute atomic E-state index is 0.117. The summed E-state index contributed by atoms with van der Waals surface area (Å²) >= 11 is 1.53. The fourth-order valence-electron chi connectivity index (χ4n) is 2.99. The maximum atomic E-state index is 13.2. The van der Waals surface area contributed by atoms with Crippen molar-refractivity contribution in [1.29, 1.82) is 0 Å². The summed E-state index contributed by atoms with van der Waals surface area (Å²) in [6.45, 7) is 1.81. The van der Waals surface area contributed by atoms with E-state index in [9.17, 15) is 18.0 Å². The van der Waals surface area contributed by atoms with Crippen molar-refractivity contribution in [1.82, 2.24) is 9.88 Å². The molecule has 0 saturated carbocycles. The second-order valence-corrected chi connectivity index (χ2v) is 7.12. The van der Waals surface area contributed by atoms with Crippen LogP contribution < -0.4 is 0 Å². The van der Waals surface area contributed by atoms with E-state index in [1.807, 2.05) is 25.1 Å². The average Bonchev–Trinajstić information content (AvgIpc) is 3.01. The van der Waals surface area contributed by atoms with E-state index in [0.29, 0.717) is 6.54 Å². The molecule has 0 aliphatic carbocycles. The number of carboxylic acids is 1. The van der Waals surface area contributed by atoms with Crippen molar-refractivity contribution < 1.29 is 23.1 Å². The first-order chi connectivity index (χ1) is 10.7. The van der Waals surface area contributed by atoms with Crippen molar-refractivity contribution >= 4 is 27.5 Å². The van der Waals surface area contributed by atoms with Crippen LogP contribution in [0.15, 0.2) is 18.2 Å². The molecule has 1 unspecified atom stereocenters. The molecule has 124 valence electrons. The third kappa shape index (κ3) is 2.81. The average molecular weight is 344 g/mol. The Morgan fingerprint density at radius 3 is 2.83 bits per heavy atom. The van der Waals surface area contributed by atoms with Gasteiger partial charge < -0.3 is 5.11 Å². The van der Waals surface area contributed by atoms with Crippen LogP contribution in [0.1, 0.15) is 17.0 Å². The lowest BCUT2D eigenvalue weighted by Gasteiger charge is -2.27. The number of likely N-dealkylation sites (tertiary alicyclic amines) is 1. The Morgan fingerprint density at radius 1 is 1.48 bits per heavy atom. The number of aliphatic carboxylic acids is 1. The molecule has 0 bridgehead atoms. The van der Waals surface area contributed by atoms with Gasteiger partial charge in [-0.25, -0.2) is 4.98 Å². The molecule has 4 nitrogen and oxygen atoms in total. The molecular formula is C15H15F3N2O2S. The number of hydrogen-bond acceptors (Lipinski definition) is 4. The second kappa shape index (κ2) is 5.45. The van der Waals surface area contributed by atoms with Gasteiger partial charge in [-0.15, -0.1) is 11.3 Å². The molecule has 2 aromatic rings. The van der Waals surface area contributed by atoms with E-state index in [0.717, 1.165) is 20.8 Å². The molecule has 1 aromatic heterocycles. The smallest absolute Gasteiger partial charge is 0.406 e. The van der Waals surface area contributed by atoms with E-state index < -0.39 is 30.5 Å². The molecule has 8 heteroatoms. The van der Waals surface area contributed by atoms with Gasteiger partial charge in [0, 0.05) is 19.6 Å². The zero-order chi connectivity index (χ0) is 16.8. The van der Waals surface area contributed by atoms with Crippen molar-refractivity contribution in [3.05, 3.63) is 28.8 Å². The lowest BCUT2D eigenvalue weighted by molar-refractivity contribution is -0.227. The summed E-state index contributed by atoms with van der Waals surface area (Å²) in [7, 11) is 0. The molecule has 3 rings (SSSR count). The zero-order valence-corrected chi connectivity index (χ0v) is 13.2. The Morgan fingerprint density at radius 2 is 2.22 bits per heavy atom. The predicted octanol–water partition coefficient (Wildman–Crippen LogP) is 3.44. The van der Waals surface area contributed by atoms with Gasteiger partial charge in [-0.1, -0.05) is 6.07 Å². The van der Waals surface area contributed by atoms with Crippen LogP contribution in [0.4, 0.5) is 13.2 Å². The summed E-state index contributed by atoms with van der Waals surface area (Å²) in [5.41, 5.74) is -0.921. The van der Waals surface area contributed by atoms with Crippen molar-refractivity contribution in [2.45, 2.75) is 26.1 Å². The number of aryl methyl sites for hydroxylation is 1. The third-order valence-electron chi connectivity index (χ3n) is 4.27. The molecular weight excluding hydrogens is 329 g/mol. The standard InChI is InChI=1S/C15H15F3N2O2S/c1-9-19-11-3-2-10(6-12(11)23-9)7-20-5-4-14(8-20,13(21)22)15(16,17)18/h2-3,6H,4-5,7-8H2,1H3,(H,21,22). The van der Waals surface area contributed by atoms with E-state index in [-0.39, 0.29) is 6.54 Å². The number of carboxylic acid groups (broad SMARTS) is 1. The highest BCUT2D eigenvalue weighted by molar-refractivity contribution is 7.18. The van der Waals surface area contributed by atoms with Crippen molar-refractivity contribution in [3.63, 3.8) is 0 Å². The monoisotopic (exact) mass is 344 g/mol. The lowest BCUT2D eigenvalue weighted by Crippen LogP contribution is -2.47. The van der Waals surface area contributed by atoms with Crippen LogP contribution in [-0.4, -0.2) is 40.2 Å². The number of carbonyl (C=O) groups is 1. The first-order valence-electron chi connectivity index (χ1n) is 7.10. The van der Waals surface area contributed by atoms with E-state index in [4.69, 9.17) is 5.11 Å². The molecule has 1 N–H and O–H groups in total.